The maximum absolute atomic E-state index is 13.5. The van der Waals surface area contributed by atoms with Crippen LogP contribution in [0.3, 0.4) is 0 Å². The highest BCUT2D eigenvalue weighted by Gasteiger charge is 2.34. The van der Waals surface area contributed by atoms with Crippen LogP contribution in [0.2, 0.25) is 0 Å². The standard InChI is InChI=1S/C24H24F3N7O4/c1-12(28)20-19(22(35)33-9-7-13(8-10-33)34-11-29-32-23(34)36)31-21(38-20)15-3-5-16(37-2)18-14(15)4-6-17(30-18)24(25,26)27/h3-6,11-13H,7-10,28H2,1-2H3,(H,32,36)/t12-/m0/s1. The van der Waals surface area contributed by atoms with Crippen LogP contribution < -0.4 is 16.2 Å². The third-order valence-electron chi connectivity index (χ3n) is 6.55. The normalized spacial score (nSPS) is 15.7. The topological polar surface area (TPSA) is 145 Å². The van der Waals surface area contributed by atoms with E-state index in [1.165, 1.54) is 30.1 Å². The first-order valence-corrected chi connectivity index (χ1v) is 11.8. The second kappa shape index (κ2) is 9.59. The van der Waals surface area contributed by atoms with Gasteiger partial charge in [0.25, 0.3) is 5.91 Å². The van der Waals surface area contributed by atoms with E-state index in [1.807, 2.05) is 0 Å². The first-order valence-electron chi connectivity index (χ1n) is 11.8. The number of likely N-dealkylation sites (tertiary alicyclic amines) is 1. The van der Waals surface area contributed by atoms with Gasteiger partial charge < -0.3 is 19.8 Å². The second-order valence-corrected chi connectivity index (χ2v) is 9.02. The molecule has 1 amide bonds. The molecule has 3 N–H and O–H groups in total. The van der Waals surface area contributed by atoms with Gasteiger partial charge in [0.15, 0.2) is 11.5 Å². The lowest BCUT2D eigenvalue weighted by molar-refractivity contribution is -0.140. The molecule has 0 spiro atoms. The molecule has 1 aliphatic rings. The third-order valence-corrected chi connectivity index (χ3v) is 6.55. The van der Waals surface area contributed by atoms with Crippen molar-refractivity contribution in [2.45, 2.75) is 38.0 Å². The monoisotopic (exact) mass is 531 g/mol. The second-order valence-electron chi connectivity index (χ2n) is 9.02. The number of fused-ring (bicyclic) bond motifs is 1. The molecule has 1 atom stereocenters. The molecule has 5 rings (SSSR count). The molecule has 3 aromatic heterocycles. The van der Waals surface area contributed by atoms with E-state index < -0.39 is 17.9 Å². The van der Waals surface area contributed by atoms with Gasteiger partial charge >= 0.3 is 11.9 Å². The fourth-order valence-electron chi connectivity index (χ4n) is 4.62. The molecule has 0 bridgehead atoms. The molecule has 1 aliphatic heterocycles. The molecule has 0 unspecified atom stereocenters. The van der Waals surface area contributed by atoms with Crippen molar-refractivity contribution >= 4 is 16.8 Å². The molecule has 11 nitrogen and oxygen atoms in total. The summed E-state index contributed by atoms with van der Waals surface area (Å²) in [5.41, 5.74) is 5.05. The summed E-state index contributed by atoms with van der Waals surface area (Å²) in [6.07, 6.45) is -2.12. The van der Waals surface area contributed by atoms with Crippen molar-refractivity contribution in [3.05, 3.63) is 58.2 Å². The zero-order valence-electron chi connectivity index (χ0n) is 20.5. The Bertz CT molecular complexity index is 1550. The summed E-state index contributed by atoms with van der Waals surface area (Å²) < 4.78 is 52.5. The Kier molecular flexibility index (Phi) is 6.42. The number of H-pyrrole nitrogens is 1. The number of benzene rings is 1. The van der Waals surface area contributed by atoms with Crippen LogP contribution in [-0.4, -0.2) is 55.7 Å². The quantitative estimate of drug-likeness (QED) is 0.399. The molecule has 0 aliphatic carbocycles. The minimum absolute atomic E-state index is 0.0229. The minimum Gasteiger partial charge on any atom is -0.494 e. The number of hydrogen-bond acceptors (Lipinski definition) is 8. The minimum atomic E-state index is -4.64. The van der Waals surface area contributed by atoms with Crippen molar-refractivity contribution in [2.24, 2.45) is 5.73 Å². The number of nitrogens with zero attached hydrogens (tertiary/aromatic N) is 5. The van der Waals surface area contributed by atoms with E-state index >= 15 is 0 Å². The van der Waals surface area contributed by atoms with Gasteiger partial charge in [0.05, 0.1) is 13.2 Å². The number of aromatic nitrogens is 5. The molecule has 4 heterocycles. The Morgan fingerprint density at radius 1 is 1.21 bits per heavy atom. The van der Waals surface area contributed by atoms with Gasteiger partial charge in [0.2, 0.25) is 5.89 Å². The Labute approximate surface area is 213 Å². The summed E-state index contributed by atoms with van der Waals surface area (Å²) >= 11 is 0. The maximum atomic E-state index is 13.5. The van der Waals surface area contributed by atoms with Crippen LogP contribution in [0.4, 0.5) is 13.2 Å². The van der Waals surface area contributed by atoms with Crippen LogP contribution in [0.25, 0.3) is 22.4 Å². The largest absolute Gasteiger partial charge is 0.494 e. The van der Waals surface area contributed by atoms with Gasteiger partial charge in [-0.1, -0.05) is 0 Å². The number of carbonyl (C=O) groups is 1. The molecule has 200 valence electrons. The number of ether oxygens (including phenoxy) is 1. The predicted octanol–water partition coefficient (Wildman–Crippen LogP) is 3.30. The fraction of sp³-hybridized carbons (Fsp3) is 0.375. The lowest BCUT2D eigenvalue weighted by Crippen LogP contribution is -2.41. The molecule has 0 radical (unpaired) electrons. The number of halogens is 3. The van der Waals surface area contributed by atoms with E-state index in [-0.39, 0.29) is 46.2 Å². The summed E-state index contributed by atoms with van der Waals surface area (Å²) in [7, 11) is 1.33. The van der Waals surface area contributed by atoms with Crippen molar-refractivity contribution < 1.29 is 27.1 Å². The van der Waals surface area contributed by atoms with Crippen LogP contribution in [0.15, 0.2) is 39.8 Å². The lowest BCUT2D eigenvalue weighted by Gasteiger charge is -2.31. The molecule has 0 saturated carbocycles. The van der Waals surface area contributed by atoms with Crippen molar-refractivity contribution in [2.75, 3.05) is 20.2 Å². The number of alkyl halides is 3. The number of hydrogen-bond donors (Lipinski definition) is 2. The third kappa shape index (κ3) is 4.51. The zero-order chi connectivity index (χ0) is 27.2. The molecular weight excluding hydrogens is 507 g/mol. The molecular formula is C24H24F3N7O4. The van der Waals surface area contributed by atoms with Crippen LogP contribution in [0, 0.1) is 0 Å². The van der Waals surface area contributed by atoms with E-state index in [0.717, 1.165) is 6.07 Å². The first-order chi connectivity index (χ1) is 18.1. The molecule has 1 saturated heterocycles. The zero-order valence-corrected chi connectivity index (χ0v) is 20.5. The summed E-state index contributed by atoms with van der Waals surface area (Å²) in [6, 6.07) is 4.40. The average Bonchev–Trinajstić information content (AvgIpc) is 3.53. The predicted molar refractivity (Wildman–Crippen MR) is 128 cm³/mol. The van der Waals surface area contributed by atoms with Gasteiger partial charge in [0, 0.05) is 30.1 Å². The number of rotatable bonds is 5. The fourth-order valence-corrected chi connectivity index (χ4v) is 4.62. The maximum Gasteiger partial charge on any atom is 0.433 e. The Balaban J connectivity index is 1.49. The summed E-state index contributed by atoms with van der Waals surface area (Å²) in [5.74, 6) is -0.0676. The molecule has 1 fully saturated rings. The number of aromatic amines is 1. The number of nitrogens with two attached hydrogens (primary N) is 1. The Hall–Kier alpha value is -4.20. The number of oxazole rings is 1. The van der Waals surface area contributed by atoms with Gasteiger partial charge in [-0.05, 0) is 44.0 Å². The van der Waals surface area contributed by atoms with Crippen LogP contribution in [-0.2, 0) is 6.18 Å². The van der Waals surface area contributed by atoms with Crippen molar-refractivity contribution in [1.29, 1.82) is 0 Å². The van der Waals surface area contributed by atoms with E-state index in [1.54, 1.807) is 17.9 Å². The van der Waals surface area contributed by atoms with Gasteiger partial charge in [-0.25, -0.2) is 19.9 Å². The number of piperidine rings is 1. The van der Waals surface area contributed by atoms with Crippen LogP contribution >= 0.6 is 0 Å². The number of pyridine rings is 1. The van der Waals surface area contributed by atoms with Crippen molar-refractivity contribution in [3.63, 3.8) is 0 Å². The summed E-state index contributed by atoms with van der Waals surface area (Å²) in [5, 5.41) is 6.42. The van der Waals surface area contributed by atoms with Crippen molar-refractivity contribution in [1.82, 2.24) is 29.6 Å². The smallest absolute Gasteiger partial charge is 0.433 e. The SMILES string of the molecule is COc1ccc(-c2nc(C(=O)N3CCC(n4cn[nH]c4=O)CC3)c([C@H](C)N)o2)c2ccc(C(F)(F)F)nc12. The van der Waals surface area contributed by atoms with Gasteiger partial charge in [-0.3, -0.25) is 9.36 Å². The van der Waals surface area contributed by atoms with E-state index in [4.69, 9.17) is 14.9 Å². The Morgan fingerprint density at radius 2 is 1.95 bits per heavy atom. The lowest BCUT2D eigenvalue weighted by atomic mass is 10.0. The number of amides is 1. The molecule has 4 aromatic rings. The molecule has 1 aromatic carbocycles. The van der Waals surface area contributed by atoms with E-state index in [2.05, 4.69) is 20.2 Å². The van der Waals surface area contributed by atoms with Crippen LogP contribution in [0.5, 0.6) is 5.75 Å². The van der Waals surface area contributed by atoms with E-state index in [0.29, 0.717) is 36.9 Å². The summed E-state index contributed by atoms with van der Waals surface area (Å²) in [4.78, 5) is 35.1. The highest BCUT2D eigenvalue weighted by Crippen LogP contribution is 2.37. The van der Waals surface area contributed by atoms with E-state index in [9.17, 15) is 22.8 Å². The van der Waals surface area contributed by atoms with Crippen molar-refractivity contribution in [3.8, 4) is 17.2 Å². The summed E-state index contributed by atoms with van der Waals surface area (Å²) in [6.45, 7) is 2.39. The number of nitrogens with one attached hydrogen (secondary N) is 1. The number of methoxy groups -OCH3 is 1. The molecule has 38 heavy (non-hydrogen) atoms. The molecule has 14 heteroatoms. The highest BCUT2D eigenvalue weighted by atomic mass is 19.4. The van der Waals surface area contributed by atoms with Gasteiger partial charge in [-0.15, -0.1) is 0 Å². The number of carbonyl (C=O) groups excluding carboxylic acids is 1. The van der Waals surface area contributed by atoms with Gasteiger partial charge in [-0.2, -0.15) is 18.3 Å². The first kappa shape index (κ1) is 25.4. The van der Waals surface area contributed by atoms with Crippen LogP contribution in [0.1, 0.15) is 53.8 Å². The van der Waals surface area contributed by atoms with Gasteiger partial charge in [0.1, 0.15) is 23.3 Å². The highest BCUT2D eigenvalue weighted by molar-refractivity contribution is 5.98. The average molecular weight is 531 g/mol. The Morgan fingerprint density at radius 3 is 2.55 bits per heavy atom.